The third-order valence-corrected chi connectivity index (χ3v) is 4.76. The molecule has 0 bridgehead atoms. The van der Waals surface area contributed by atoms with Crippen LogP contribution < -0.4 is 11.1 Å². The van der Waals surface area contributed by atoms with E-state index in [1.807, 2.05) is 24.3 Å². The minimum Gasteiger partial charge on any atom is -0.399 e. The number of rotatable bonds is 5. The van der Waals surface area contributed by atoms with Crippen LogP contribution >= 0.6 is 0 Å². The SMILES string of the molecule is CC(C)C1CCC(NC(=O)CCc2ccccc2N)CC1. The first kappa shape index (κ1) is 15.9. The van der Waals surface area contributed by atoms with E-state index in [-0.39, 0.29) is 5.91 Å². The van der Waals surface area contributed by atoms with E-state index in [0.717, 1.165) is 42.3 Å². The Morgan fingerprint density at radius 2 is 1.90 bits per heavy atom. The molecule has 0 unspecified atom stereocenters. The summed E-state index contributed by atoms with van der Waals surface area (Å²) in [6.07, 6.45) is 5.99. The summed E-state index contributed by atoms with van der Waals surface area (Å²) < 4.78 is 0. The monoisotopic (exact) mass is 288 g/mol. The fraction of sp³-hybridized carbons (Fsp3) is 0.611. The molecule has 0 radical (unpaired) electrons. The van der Waals surface area contributed by atoms with Gasteiger partial charge in [0.05, 0.1) is 0 Å². The normalized spacial score (nSPS) is 22.2. The van der Waals surface area contributed by atoms with Gasteiger partial charge in [-0.05, 0) is 55.6 Å². The van der Waals surface area contributed by atoms with Gasteiger partial charge in [-0.2, -0.15) is 0 Å². The molecule has 1 fully saturated rings. The maximum Gasteiger partial charge on any atom is 0.220 e. The second-order valence-electron chi connectivity index (χ2n) is 6.62. The third kappa shape index (κ3) is 4.76. The molecule has 116 valence electrons. The topological polar surface area (TPSA) is 55.1 Å². The number of anilines is 1. The van der Waals surface area contributed by atoms with E-state index < -0.39 is 0 Å². The number of amides is 1. The highest BCUT2D eigenvalue weighted by molar-refractivity contribution is 5.76. The van der Waals surface area contributed by atoms with E-state index in [2.05, 4.69) is 19.2 Å². The molecule has 3 heteroatoms. The molecule has 1 aliphatic carbocycles. The molecule has 0 heterocycles. The molecular formula is C18H28N2O. The number of para-hydroxylation sites is 1. The Morgan fingerprint density at radius 1 is 1.24 bits per heavy atom. The first-order chi connectivity index (χ1) is 10.1. The molecule has 1 saturated carbocycles. The molecule has 1 amide bonds. The maximum atomic E-state index is 12.1. The zero-order chi connectivity index (χ0) is 15.2. The molecule has 0 aromatic heterocycles. The van der Waals surface area contributed by atoms with Gasteiger partial charge in [0.2, 0.25) is 5.91 Å². The summed E-state index contributed by atoms with van der Waals surface area (Å²) in [7, 11) is 0. The lowest BCUT2D eigenvalue weighted by atomic mass is 9.79. The summed E-state index contributed by atoms with van der Waals surface area (Å²) in [5.41, 5.74) is 7.75. The van der Waals surface area contributed by atoms with E-state index in [1.54, 1.807) is 0 Å². The number of hydrogen-bond donors (Lipinski definition) is 2. The van der Waals surface area contributed by atoms with Crippen molar-refractivity contribution >= 4 is 11.6 Å². The van der Waals surface area contributed by atoms with Crippen molar-refractivity contribution in [3.63, 3.8) is 0 Å². The Kier molecular flexibility index (Phi) is 5.66. The van der Waals surface area contributed by atoms with Crippen LogP contribution in [-0.2, 0) is 11.2 Å². The average molecular weight is 288 g/mol. The minimum atomic E-state index is 0.159. The third-order valence-electron chi connectivity index (χ3n) is 4.76. The predicted octanol–water partition coefficient (Wildman–Crippen LogP) is 3.53. The fourth-order valence-corrected chi connectivity index (χ4v) is 3.24. The van der Waals surface area contributed by atoms with E-state index in [1.165, 1.54) is 12.8 Å². The number of carbonyl (C=O) groups is 1. The lowest BCUT2D eigenvalue weighted by molar-refractivity contribution is -0.122. The zero-order valence-electron chi connectivity index (χ0n) is 13.3. The molecule has 1 aromatic carbocycles. The van der Waals surface area contributed by atoms with Crippen molar-refractivity contribution < 1.29 is 4.79 Å². The van der Waals surface area contributed by atoms with Crippen LogP contribution in [0.2, 0.25) is 0 Å². The van der Waals surface area contributed by atoms with Gasteiger partial charge in [-0.1, -0.05) is 32.0 Å². The van der Waals surface area contributed by atoms with Crippen LogP contribution in [0.15, 0.2) is 24.3 Å². The van der Waals surface area contributed by atoms with Crippen molar-refractivity contribution in [2.45, 2.75) is 58.4 Å². The largest absolute Gasteiger partial charge is 0.399 e. The van der Waals surface area contributed by atoms with Gasteiger partial charge >= 0.3 is 0 Å². The van der Waals surface area contributed by atoms with Crippen LogP contribution in [0.4, 0.5) is 5.69 Å². The summed E-state index contributed by atoms with van der Waals surface area (Å²) in [5.74, 6) is 1.76. The van der Waals surface area contributed by atoms with Crippen LogP contribution in [0.1, 0.15) is 51.5 Å². The summed E-state index contributed by atoms with van der Waals surface area (Å²) in [6, 6.07) is 8.15. The van der Waals surface area contributed by atoms with Gasteiger partial charge in [-0.15, -0.1) is 0 Å². The van der Waals surface area contributed by atoms with E-state index in [4.69, 9.17) is 5.73 Å². The van der Waals surface area contributed by atoms with Gasteiger partial charge in [0, 0.05) is 18.2 Å². The smallest absolute Gasteiger partial charge is 0.220 e. The van der Waals surface area contributed by atoms with Crippen molar-refractivity contribution in [1.82, 2.24) is 5.32 Å². The molecule has 0 saturated heterocycles. The number of carbonyl (C=O) groups excluding carboxylic acids is 1. The Hall–Kier alpha value is -1.51. The molecule has 21 heavy (non-hydrogen) atoms. The molecule has 3 N–H and O–H groups in total. The standard InChI is InChI=1S/C18H28N2O/c1-13(2)14-7-10-16(11-8-14)20-18(21)12-9-15-5-3-4-6-17(15)19/h3-6,13-14,16H,7-12,19H2,1-2H3,(H,20,21). The Balaban J connectivity index is 1.72. The first-order valence-electron chi connectivity index (χ1n) is 8.19. The zero-order valence-corrected chi connectivity index (χ0v) is 13.3. The van der Waals surface area contributed by atoms with Crippen LogP contribution in [0.3, 0.4) is 0 Å². The van der Waals surface area contributed by atoms with Crippen molar-refractivity contribution in [2.75, 3.05) is 5.73 Å². The average Bonchev–Trinajstić information content (AvgIpc) is 2.47. The van der Waals surface area contributed by atoms with E-state index in [9.17, 15) is 4.79 Å². The van der Waals surface area contributed by atoms with Crippen molar-refractivity contribution in [2.24, 2.45) is 11.8 Å². The number of aryl methyl sites for hydroxylation is 1. The molecule has 2 rings (SSSR count). The highest BCUT2D eigenvalue weighted by atomic mass is 16.1. The quantitative estimate of drug-likeness (QED) is 0.814. The van der Waals surface area contributed by atoms with Crippen LogP contribution in [0.5, 0.6) is 0 Å². The molecular weight excluding hydrogens is 260 g/mol. The Labute approximate surface area is 128 Å². The molecule has 0 atom stereocenters. The number of nitrogen functional groups attached to an aromatic ring is 1. The van der Waals surface area contributed by atoms with Gasteiger partial charge in [0.15, 0.2) is 0 Å². The summed E-state index contributed by atoms with van der Waals surface area (Å²) in [5, 5.41) is 3.19. The van der Waals surface area contributed by atoms with Gasteiger partial charge in [-0.3, -0.25) is 4.79 Å². The molecule has 3 nitrogen and oxygen atoms in total. The number of hydrogen-bond acceptors (Lipinski definition) is 2. The van der Waals surface area contributed by atoms with Gasteiger partial charge in [0.25, 0.3) is 0 Å². The highest BCUT2D eigenvalue weighted by Crippen LogP contribution is 2.29. The summed E-state index contributed by atoms with van der Waals surface area (Å²) >= 11 is 0. The van der Waals surface area contributed by atoms with Crippen molar-refractivity contribution in [1.29, 1.82) is 0 Å². The van der Waals surface area contributed by atoms with E-state index in [0.29, 0.717) is 12.5 Å². The molecule has 1 aliphatic rings. The number of benzene rings is 1. The second-order valence-corrected chi connectivity index (χ2v) is 6.62. The Bertz CT molecular complexity index is 462. The predicted molar refractivity (Wildman–Crippen MR) is 87.9 cm³/mol. The number of nitrogens with two attached hydrogens (primary N) is 1. The molecule has 1 aromatic rings. The van der Waals surface area contributed by atoms with Gasteiger partial charge in [-0.25, -0.2) is 0 Å². The highest BCUT2D eigenvalue weighted by Gasteiger charge is 2.24. The van der Waals surface area contributed by atoms with Gasteiger partial charge < -0.3 is 11.1 Å². The summed E-state index contributed by atoms with van der Waals surface area (Å²) in [4.78, 5) is 12.1. The van der Waals surface area contributed by atoms with Crippen LogP contribution in [-0.4, -0.2) is 11.9 Å². The van der Waals surface area contributed by atoms with E-state index >= 15 is 0 Å². The maximum absolute atomic E-state index is 12.1. The Morgan fingerprint density at radius 3 is 2.52 bits per heavy atom. The first-order valence-corrected chi connectivity index (χ1v) is 8.19. The van der Waals surface area contributed by atoms with Crippen LogP contribution in [0, 0.1) is 11.8 Å². The summed E-state index contributed by atoms with van der Waals surface area (Å²) in [6.45, 7) is 4.60. The fourth-order valence-electron chi connectivity index (χ4n) is 3.24. The van der Waals surface area contributed by atoms with Crippen molar-refractivity contribution in [3.8, 4) is 0 Å². The molecule has 0 spiro atoms. The van der Waals surface area contributed by atoms with Gasteiger partial charge in [0.1, 0.15) is 0 Å². The lowest BCUT2D eigenvalue weighted by Gasteiger charge is -2.31. The number of nitrogens with one attached hydrogen (secondary N) is 1. The van der Waals surface area contributed by atoms with Crippen molar-refractivity contribution in [3.05, 3.63) is 29.8 Å². The second kappa shape index (κ2) is 7.48. The lowest BCUT2D eigenvalue weighted by Crippen LogP contribution is -2.38. The molecule has 0 aliphatic heterocycles. The van der Waals surface area contributed by atoms with Crippen LogP contribution in [0.25, 0.3) is 0 Å². The minimum absolute atomic E-state index is 0.159.